The third kappa shape index (κ3) is 12.1. The maximum atomic E-state index is 12.0. The van der Waals surface area contributed by atoms with Crippen LogP contribution in [0.5, 0.6) is 5.75 Å². The van der Waals surface area contributed by atoms with E-state index in [0.29, 0.717) is 38.7 Å². The summed E-state index contributed by atoms with van der Waals surface area (Å²) < 4.78 is 51.2. The van der Waals surface area contributed by atoms with E-state index >= 15 is 0 Å². The first kappa shape index (κ1) is 23.0. The number of nitrogens with one attached hydrogen (secondary N) is 2. The van der Waals surface area contributed by atoms with Gasteiger partial charge in [0, 0.05) is 51.6 Å². The Kier molecular flexibility index (Phi) is 11.3. The lowest BCUT2D eigenvalue weighted by Crippen LogP contribution is -2.30. The minimum absolute atomic E-state index is 0.00716. The highest BCUT2D eigenvalue weighted by Gasteiger charge is 2.27. The molecule has 9 heteroatoms. The van der Waals surface area contributed by atoms with Crippen molar-refractivity contribution in [3.8, 4) is 5.75 Å². The van der Waals surface area contributed by atoms with E-state index in [1.165, 1.54) is 0 Å². The summed E-state index contributed by atoms with van der Waals surface area (Å²) in [7, 11) is 1.65. The smallest absolute Gasteiger partial charge is 0.411 e. The van der Waals surface area contributed by atoms with E-state index in [2.05, 4.69) is 20.4 Å². The highest BCUT2D eigenvalue weighted by atomic mass is 19.4. The first-order chi connectivity index (χ1) is 12.9. The van der Waals surface area contributed by atoms with Gasteiger partial charge < -0.3 is 24.8 Å². The fourth-order valence-corrected chi connectivity index (χ4v) is 2.05. The average Bonchev–Trinajstić information content (AvgIpc) is 2.61. The highest BCUT2D eigenvalue weighted by molar-refractivity contribution is 5.93. The quantitative estimate of drug-likeness (QED) is 0.325. The van der Waals surface area contributed by atoms with Crippen molar-refractivity contribution in [1.29, 1.82) is 0 Å². The molecule has 0 fully saturated rings. The van der Waals surface area contributed by atoms with E-state index in [9.17, 15) is 13.2 Å². The van der Waals surface area contributed by atoms with Crippen LogP contribution in [0.2, 0.25) is 0 Å². The van der Waals surface area contributed by atoms with Gasteiger partial charge in [-0.15, -0.1) is 0 Å². The van der Waals surface area contributed by atoms with Gasteiger partial charge >= 0.3 is 6.18 Å². The Morgan fingerprint density at radius 1 is 1.15 bits per heavy atom. The molecule has 0 aromatic heterocycles. The second-order valence-electron chi connectivity index (χ2n) is 5.63. The lowest BCUT2D eigenvalue weighted by Gasteiger charge is -2.13. The van der Waals surface area contributed by atoms with Crippen molar-refractivity contribution in [2.75, 3.05) is 51.9 Å². The minimum atomic E-state index is -4.30. The fourth-order valence-electron chi connectivity index (χ4n) is 2.05. The Bertz CT molecular complexity index is 554. The zero-order chi connectivity index (χ0) is 20.0. The number of alkyl halides is 3. The molecule has 1 rings (SSSR count). The second kappa shape index (κ2) is 13.2. The van der Waals surface area contributed by atoms with E-state index in [0.717, 1.165) is 17.9 Å². The normalized spacial score (nSPS) is 12.1. The van der Waals surface area contributed by atoms with E-state index in [4.69, 9.17) is 9.47 Å². The highest BCUT2D eigenvalue weighted by Crippen LogP contribution is 2.17. The number of halogens is 3. The largest absolute Gasteiger partial charge is 0.493 e. The van der Waals surface area contributed by atoms with Gasteiger partial charge in [0.15, 0.2) is 5.96 Å². The molecule has 0 saturated heterocycles. The van der Waals surface area contributed by atoms with E-state index in [1.54, 1.807) is 7.11 Å². The van der Waals surface area contributed by atoms with E-state index in [1.807, 2.05) is 31.2 Å². The number of anilines is 1. The third-order valence-electron chi connectivity index (χ3n) is 3.18. The molecular formula is C18H28F3N3O3. The lowest BCUT2D eigenvalue weighted by molar-refractivity contribution is -0.173. The van der Waals surface area contributed by atoms with Gasteiger partial charge in [0.05, 0.1) is 6.61 Å². The van der Waals surface area contributed by atoms with Gasteiger partial charge in [0.1, 0.15) is 12.4 Å². The summed E-state index contributed by atoms with van der Waals surface area (Å²) in [5.74, 6) is 1.28. The topological polar surface area (TPSA) is 64.1 Å². The molecule has 0 atom stereocenters. The summed E-state index contributed by atoms with van der Waals surface area (Å²) in [6, 6.07) is 7.45. The van der Waals surface area contributed by atoms with Crippen LogP contribution >= 0.6 is 0 Å². The summed E-state index contributed by atoms with van der Waals surface area (Å²) in [6.07, 6.45) is -3.10. The number of benzene rings is 1. The number of hydrogen-bond acceptors (Lipinski definition) is 4. The van der Waals surface area contributed by atoms with Gasteiger partial charge in [-0.3, -0.25) is 4.99 Å². The Labute approximate surface area is 158 Å². The second-order valence-corrected chi connectivity index (χ2v) is 5.63. The molecule has 0 bridgehead atoms. The van der Waals surface area contributed by atoms with E-state index < -0.39 is 12.8 Å². The molecule has 1 aromatic rings. The van der Waals surface area contributed by atoms with Crippen LogP contribution in [0.4, 0.5) is 18.9 Å². The standard InChI is InChI=1S/C18H28F3N3O3/c1-3-22-17(23-9-5-11-26-14-18(19,20)21)24-15-7-4-8-16(13-15)27-12-6-10-25-2/h4,7-8,13H,3,5-6,9-12,14H2,1-2H3,(H2,22,23,24). The Morgan fingerprint density at radius 3 is 2.67 bits per heavy atom. The van der Waals surface area contributed by atoms with Crippen LogP contribution in [0.1, 0.15) is 19.8 Å². The molecule has 0 heterocycles. The van der Waals surface area contributed by atoms with Gasteiger partial charge in [-0.05, 0) is 25.5 Å². The molecule has 0 amide bonds. The van der Waals surface area contributed by atoms with E-state index in [-0.39, 0.29) is 6.61 Å². The van der Waals surface area contributed by atoms with Crippen molar-refractivity contribution in [3.05, 3.63) is 24.3 Å². The van der Waals surface area contributed by atoms with Crippen LogP contribution in [0.3, 0.4) is 0 Å². The third-order valence-corrected chi connectivity index (χ3v) is 3.18. The molecule has 2 N–H and O–H groups in total. The number of methoxy groups -OCH3 is 1. The maximum absolute atomic E-state index is 12.0. The number of aliphatic imine (C=N–C) groups is 1. The zero-order valence-electron chi connectivity index (χ0n) is 15.8. The summed E-state index contributed by atoms with van der Waals surface area (Å²) >= 11 is 0. The Morgan fingerprint density at radius 2 is 1.96 bits per heavy atom. The fraction of sp³-hybridized carbons (Fsp3) is 0.611. The van der Waals surface area contributed by atoms with Crippen molar-refractivity contribution >= 4 is 11.6 Å². The zero-order valence-corrected chi connectivity index (χ0v) is 15.8. The minimum Gasteiger partial charge on any atom is -0.493 e. The van der Waals surface area contributed by atoms with Crippen LogP contribution in [0.15, 0.2) is 29.3 Å². The predicted molar refractivity (Wildman–Crippen MR) is 99.5 cm³/mol. The molecule has 1 aromatic carbocycles. The Balaban J connectivity index is 2.46. The number of hydrogen-bond donors (Lipinski definition) is 2. The van der Waals surface area contributed by atoms with Crippen molar-refractivity contribution in [2.45, 2.75) is 25.9 Å². The number of rotatable bonds is 12. The number of nitrogens with zero attached hydrogens (tertiary/aromatic N) is 1. The summed E-state index contributed by atoms with van der Waals surface area (Å²) in [4.78, 5) is 4.33. The first-order valence-corrected chi connectivity index (χ1v) is 8.86. The number of ether oxygens (including phenoxy) is 3. The molecule has 0 aliphatic rings. The molecule has 0 aliphatic heterocycles. The van der Waals surface area contributed by atoms with Crippen LogP contribution in [-0.2, 0) is 9.47 Å². The molecule has 6 nitrogen and oxygen atoms in total. The Hall–Kier alpha value is -2.00. The number of guanidine groups is 1. The SMILES string of the molecule is CCNC(=NCCCOCC(F)(F)F)Nc1cccc(OCCCOC)c1. The molecule has 0 unspecified atom stereocenters. The summed E-state index contributed by atoms with van der Waals surface area (Å²) in [5, 5.41) is 6.24. The predicted octanol–water partition coefficient (Wildman–Crippen LogP) is 3.45. The molecule has 154 valence electrons. The lowest BCUT2D eigenvalue weighted by atomic mass is 10.3. The van der Waals surface area contributed by atoms with Crippen LogP contribution in [0.25, 0.3) is 0 Å². The van der Waals surface area contributed by atoms with Gasteiger partial charge in [0.25, 0.3) is 0 Å². The molecule has 0 spiro atoms. The van der Waals surface area contributed by atoms with Gasteiger partial charge in [0.2, 0.25) is 0 Å². The molecular weight excluding hydrogens is 363 g/mol. The van der Waals surface area contributed by atoms with Crippen LogP contribution in [-0.4, -0.2) is 58.8 Å². The molecule has 0 saturated carbocycles. The molecule has 27 heavy (non-hydrogen) atoms. The van der Waals surface area contributed by atoms with Crippen molar-refractivity contribution in [2.24, 2.45) is 4.99 Å². The van der Waals surface area contributed by atoms with Crippen LogP contribution < -0.4 is 15.4 Å². The first-order valence-electron chi connectivity index (χ1n) is 8.86. The summed E-state index contributed by atoms with van der Waals surface area (Å²) in [5.41, 5.74) is 0.798. The summed E-state index contributed by atoms with van der Waals surface area (Å²) in [6.45, 7) is 2.91. The van der Waals surface area contributed by atoms with Gasteiger partial charge in [-0.2, -0.15) is 13.2 Å². The van der Waals surface area contributed by atoms with Crippen molar-refractivity contribution in [3.63, 3.8) is 0 Å². The van der Waals surface area contributed by atoms with Crippen molar-refractivity contribution < 1.29 is 27.4 Å². The molecule has 0 radical (unpaired) electrons. The maximum Gasteiger partial charge on any atom is 0.411 e. The van der Waals surface area contributed by atoms with Crippen molar-refractivity contribution in [1.82, 2.24) is 5.32 Å². The van der Waals surface area contributed by atoms with Crippen LogP contribution in [0, 0.1) is 0 Å². The van der Waals surface area contributed by atoms with Gasteiger partial charge in [-0.1, -0.05) is 6.07 Å². The van der Waals surface area contributed by atoms with Gasteiger partial charge in [-0.25, -0.2) is 0 Å². The average molecular weight is 391 g/mol. The monoisotopic (exact) mass is 391 g/mol. The molecule has 0 aliphatic carbocycles.